The van der Waals surface area contributed by atoms with Crippen LogP contribution in [0.1, 0.15) is 12.8 Å². The molecular formula is C13H15NO5. The molecule has 0 saturated heterocycles. The number of hydrogen-bond acceptors (Lipinski definition) is 5. The van der Waals surface area contributed by atoms with Gasteiger partial charge in [-0.15, -0.1) is 0 Å². The Morgan fingerprint density at radius 2 is 1.74 bits per heavy atom. The molecule has 0 spiro atoms. The molecule has 0 aliphatic rings. The minimum absolute atomic E-state index is 0.0405. The molecular weight excluding hydrogens is 250 g/mol. The van der Waals surface area contributed by atoms with Crippen LogP contribution in [0.5, 0.6) is 0 Å². The van der Waals surface area contributed by atoms with Crippen molar-refractivity contribution in [2.75, 3.05) is 19.1 Å². The summed E-state index contributed by atoms with van der Waals surface area (Å²) >= 11 is 0. The number of anilines is 1. The van der Waals surface area contributed by atoms with Gasteiger partial charge in [0.1, 0.15) is 0 Å². The third-order valence-electron chi connectivity index (χ3n) is 2.42. The summed E-state index contributed by atoms with van der Waals surface area (Å²) in [6.45, 7) is 0. The summed E-state index contributed by atoms with van der Waals surface area (Å²) in [7, 11) is 2.72. The van der Waals surface area contributed by atoms with E-state index in [1.54, 1.807) is 19.2 Å². The van der Waals surface area contributed by atoms with Crippen molar-refractivity contribution in [3.8, 4) is 0 Å². The lowest BCUT2D eigenvalue weighted by atomic mass is 10.2. The predicted molar refractivity (Wildman–Crippen MR) is 67.6 cm³/mol. The second-order valence-electron chi connectivity index (χ2n) is 3.72. The van der Waals surface area contributed by atoms with Crippen LogP contribution in [-0.4, -0.2) is 32.2 Å². The first-order valence-corrected chi connectivity index (χ1v) is 5.65. The molecule has 0 atom stereocenters. The van der Waals surface area contributed by atoms with Crippen molar-refractivity contribution >= 4 is 23.7 Å². The maximum atomic E-state index is 11.8. The van der Waals surface area contributed by atoms with Gasteiger partial charge in [-0.05, 0) is 12.1 Å². The average molecular weight is 265 g/mol. The molecule has 0 unspecified atom stereocenters. The monoisotopic (exact) mass is 265 g/mol. The summed E-state index contributed by atoms with van der Waals surface area (Å²) in [6.07, 6.45) is -1.29. The Bertz CT molecular complexity index is 457. The molecule has 0 fully saturated rings. The molecule has 0 heterocycles. The third-order valence-corrected chi connectivity index (χ3v) is 2.42. The number of ether oxygens (including phenoxy) is 2. The van der Waals surface area contributed by atoms with Gasteiger partial charge >= 0.3 is 12.1 Å². The molecule has 0 bridgehead atoms. The summed E-state index contributed by atoms with van der Waals surface area (Å²) in [5.74, 6) is -1.03. The highest BCUT2D eigenvalue weighted by atomic mass is 16.7. The van der Waals surface area contributed by atoms with E-state index in [2.05, 4.69) is 9.47 Å². The largest absolute Gasteiger partial charge is 0.515 e. The van der Waals surface area contributed by atoms with Gasteiger partial charge in [-0.1, -0.05) is 18.2 Å². The Balaban J connectivity index is 2.43. The number of amides is 1. The number of carbonyl (C=O) groups is 3. The maximum absolute atomic E-state index is 11.8. The Morgan fingerprint density at radius 3 is 2.32 bits per heavy atom. The number of para-hydroxylation sites is 1. The number of benzene rings is 1. The first-order valence-electron chi connectivity index (χ1n) is 5.65. The van der Waals surface area contributed by atoms with Gasteiger partial charge in [0.05, 0.1) is 13.5 Å². The molecule has 1 aromatic rings. The lowest BCUT2D eigenvalue weighted by molar-refractivity contribution is -0.140. The van der Waals surface area contributed by atoms with E-state index < -0.39 is 12.1 Å². The number of carbonyl (C=O) groups excluding carboxylic acids is 3. The normalized spacial score (nSPS) is 9.58. The number of hydrogen-bond donors (Lipinski definition) is 0. The van der Waals surface area contributed by atoms with Crippen molar-refractivity contribution in [1.29, 1.82) is 0 Å². The Morgan fingerprint density at radius 1 is 1.11 bits per heavy atom. The lowest BCUT2D eigenvalue weighted by Crippen LogP contribution is -2.27. The standard InChI is InChI=1S/C13H15NO5/c1-14(10-6-4-3-5-7-10)11(15)8-9-12(16)19-13(17)18-2/h3-7H,8-9H2,1-2H3. The van der Waals surface area contributed by atoms with Gasteiger partial charge in [0.2, 0.25) is 5.91 Å². The van der Waals surface area contributed by atoms with Crippen molar-refractivity contribution in [2.24, 2.45) is 0 Å². The van der Waals surface area contributed by atoms with Crippen LogP contribution < -0.4 is 4.90 Å². The summed E-state index contributed by atoms with van der Waals surface area (Å²) in [4.78, 5) is 35.1. The quantitative estimate of drug-likeness (QED) is 0.612. The molecule has 102 valence electrons. The van der Waals surface area contributed by atoms with Gasteiger partial charge in [-0.2, -0.15) is 0 Å². The molecule has 1 rings (SSSR count). The van der Waals surface area contributed by atoms with Gasteiger partial charge < -0.3 is 14.4 Å². The van der Waals surface area contributed by atoms with Crippen LogP contribution in [0.4, 0.5) is 10.5 Å². The highest BCUT2D eigenvalue weighted by Gasteiger charge is 2.15. The van der Waals surface area contributed by atoms with Gasteiger partial charge in [-0.3, -0.25) is 9.59 Å². The molecule has 6 nitrogen and oxygen atoms in total. The van der Waals surface area contributed by atoms with Crippen molar-refractivity contribution in [3.63, 3.8) is 0 Å². The van der Waals surface area contributed by atoms with E-state index >= 15 is 0 Å². The number of esters is 1. The minimum atomic E-state index is -1.08. The molecule has 19 heavy (non-hydrogen) atoms. The zero-order valence-corrected chi connectivity index (χ0v) is 10.8. The smallest absolute Gasteiger partial charge is 0.437 e. The molecule has 0 radical (unpaired) electrons. The minimum Gasteiger partial charge on any atom is -0.437 e. The van der Waals surface area contributed by atoms with Crippen LogP contribution in [0, 0.1) is 0 Å². The summed E-state index contributed by atoms with van der Waals surface area (Å²) in [5, 5.41) is 0. The molecule has 0 aliphatic heterocycles. The zero-order valence-electron chi connectivity index (χ0n) is 10.8. The molecule has 0 aromatic heterocycles. The highest BCUT2D eigenvalue weighted by Crippen LogP contribution is 2.12. The number of rotatable bonds is 4. The molecule has 0 saturated carbocycles. The van der Waals surface area contributed by atoms with Gasteiger partial charge in [0.15, 0.2) is 0 Å². The SMILES string of the molecule is COC(=O)OC(=O)CCC(=O)N(C)c1ccccc1. The second-order valence-corrected chi connectivity index (χ2v) is 3.72. The summed E-state index contributed by atoms with van der Waals surface area (Å²) in [5.41, 5.74) is 0.730. The fraction of sp³-hybridized carbons (Fsp3) is 0.308. The van der Waals surface area contributed by atoms with E-state index in [9.17, 15) is 14.4 Å². The highest BCUT2D eigenvalue weighted by molar-refractivity contribution is 5.95. The van der Waals surface area contributed by atoms with E-state index in [1.165, 1.54) is 4.90 Å². The molecule has 0 aliphatic carbocycles. The average Bonchev–Trinajstić information content (AvgIpc) is 2.44. The van der Waals surface area contributed by atoms with Crippen LogP contribution in [0.15, 0.2) is 30.3 Å². The van der Waals surface area contributed by atoms with E-state index in [0.29, 0.717) is 0 Å². The van der Waals surface area contributed by atoms with Gasteiger partial charge in [-0.25, -0.2) is 4.79 Å². The number of methoxy groups -OCH3 is 1. The van der Waals surface area contributed by atoms with Crippen molar-refractivity contribution < 1.29 is 23.9 Å². The number of nitrogens with zero attached hydrogens (tertiary/aromatic N) is 1. The second kappa shape index (κ2) is 7.15. The molecule has 0 N–H and O–H groups in total. The molecule has 6 heteroatoms. The van der Waals surface area contributed by atoms with Gasteiger partial charge in [0.25, 0.3) is 0 Å². The van der Waals surface area contributed by atoms with E-state index in [0.717, 1.165) is 12.8 Å². The van der Waals surface area contributed by atoms with Crippen molar-refractivity contribution in [1.82, 2.24) is 0 Å². The van der Waals surface area contributed by atoms with E-state index in [1.807, 2.05) is 18.2 Å². The lowest BCUT2D eigenvalue weighted by Gasteiger charge is -2.16. The van der Waals surface area contributed by atoms with Crippen molar-refractivity contribution in [3.05, 3.63) is 30.3 Å². The topological polar surface area (TPSA) is 72.9 Å². The van der Waals surface area contributed by atoms with Crippen LogP contribution in [0.3, 0.4) is 0 Å². The Kier molecular flexibility index (Phi) is 5.53. The maximum Gasteiger partial charge on any atom is 0.515 e. The summed E-state index contributed by atoms with van der Waals surface area (Å²) in [6, 6.07) is 9.03. The first kappa shape index (κ1) is 14.7. The predicted octanol–water partition coefficient (Wildman–Crippen LogP) is 1.74. The Hall–Kier alpha value is -2.37. The van der Waals surface area contributed by atoms with Crippen molar-refractivity contribution in [2.45, 2.75) is 12.8 Å². The van der Waals surface area contributed by atoms with Crippen LogP contribution >= 0.6 is 0 Å². The molecule has 1 aromatic carbocycles. The summed E-state index contributed by atoms with van der Waals surface area (Å²) < 4.78 is 8.43. The Labute approximate surface area is 110 Å². The van der Waals surface area contributed by atoms with Crippen LogP contribution in [0.2, 0.25) is 0 Å². The zero-order chi connectivity index (χ0) is 14.3. The fourth-order valence-electron chi connectivity index (χ4n) is 1.36. The van der Waals surface area contributed by atoms with Crippen LogP contribution in [0.25, 0.3) is 0 Å². The van der Waals surface area contributed by atoms with E-state index in [4.69, 9.17) is 0 Å². The van der Waals surface area contributed by atoms with Crippen LogP contribution in [-0.2, 0) is 19.1 Å². The fourth-order valence-corrected chi connectivity index (χ4v) is 1.36. The first-order chi connectivity index (χ1) is 9.04. The van der Waals surface area contributed by atoms with E-state index in [-0.39, 0.29) is 18.7 Å². The van der Waals surface area contributed by atoms with Gasteiger partial charge in [0, 0.05) is 19.2 Å². The molecule has 1 amide bonds. The third kappa shape index (κ3) is 4.79.